The summed E-state index contributed by atoms with van der Waals surface area (Å²) in [6.07, 6.45) is -2.18. The van der Waals surface area contributed by atoms with Crippen LogP contribution in [0.25, 0.3) is 11.3 Å². The van der Waals surface area contributed by atoms with Crippen molar-refractivity contribution in [2.45, 2.75) is 74.3 Å². The third kappa shape index (κ3) is 6.58. The van der Waals surface area contributed by atoms with E-state index in [-0.39, 0.29) is 43.8 Å². The number of carbonyl (C=O) groups is 1. The molecule has 0 amide bonds. The van der Waals surface area contributed by atoms with Gasteiger partial charge in [0, 0.05) is 44.2 Å². The van der Waals surface area contributed by atoms with Gasteiger partial charge >= 0.3 is 12.1 Å². The van der Waals surface area contributed by atoms with Gasteiger partial charge in [0.05, 0.1) is 22.5 Å². The molecule has 35 heavy (non-hydrogen) atoms. The molecule has 0 spiro atoms. The number of halogens is 3. The summed E-state index contributed by atoms with van der Waals surface area (Å²) in [5, 5.41) is 0. The summed E-state index contributed by atoms with van der Waals surface area (Å²) in [5.74, 6) is -0.788. The summed E-state index contributed by atoms with van der Waals surface area (Å²) < 4.78 is 73.3. The zero-order chi connectivity index (χ0) is 25.9. The van der Waals surface area contributed by atoms with Crippen LogP contribution >= 0.6 is 0 Å². The van der Waals surface area contributed by atoms with Crippen molar-refractivity contribution in [3.05, 3.63) is 42.4 Å². The summed E-state index contributed by atoms with van der Waals surface area (Å²) in [4.78, 5) is 21.5. The van der Waals surface area contributed by atoms with Gasteiger partial charge in [0.15, 0.2) is 14.6 Å². The van der Waals surface area contributed by atoms with Crippen LogP contribution in [0.4, 0.5) is 13.2 Å². The van der Waals surface area contributed by atoms with E-state index in [4.69, 9.17) is 9.47 Å². The Morgan fingerprint density at radius 3 is 2.20 bits per heavy atom. The number of ether oxygens (including phenoxy) is 2. The second-order valence-electron chi connectivity index (χ2n) is 9.50. The van der Waals surface area contributed by atoms with Crippen molar-refractivity contribution in [3.8, 4) is 11.3 Å². The number of alkyl halides is 3. The molecule has 2 aromatic rings. The molecule has 2 heterocycles. The fraction of sp³-hybridized carbons (Fsp3) is 0.542. The predicted octanol–water partition coefficient (Wildman–Crippen LogP) is 4.69. The summed E-state index contributed by atoms with van der Waals surface area (Å²) >= 11 is 0. The van der Waals surface area contributed by atoms with Crippen LogP contribution in [0.15, 0.2) is 41.6 Å². The quantitative estimate of drug-likeness (QED) is 0.495. The van der Waals surface area contributed by atoms with E-state index in [9.17, 15) is 26.4 Å². The zero-order valence-corrected chi connectivity index (χ0v) is 20.7. The maximum Gasteiger partial charge on any atom is 0.389 e. The van der Waals surface area contributed by atoms with Gasteiger partial charge in [0.2, 0.25) is 0 Å². The highest BCUT2D eigenvalue weighted by Gasteiger charge is 2.54. The maximum atomic E-state index is 13.6. The minimum atomic E-state index is -4.21. The molecule has 11 heteroatoms. The fourth-order valence-corrected chi connectivity index (χ4v) is 5.70. The van der Waals surface area contributed by atoms with Gasteiger partial charge in [-0.15, -0.1) is 0 Å². The Bertz CT molecular complexity index is 1120. The van der Waals surface area contributed by atoms with Crippen molar-refractivity contribution in [2.75, 3.05) is 13.2 Å². The molecule has 0 radical (unpaired) electrons. The summed E-state index contributed by atoms with van der Waals surface area (Å²) in [6, 6.07) is 5.93. The third-order valence-electron chi connectivity index (χ3n) is 5.64. The van der Waals surface area contributed by atoms with Gasteiger partial charge in [0.1, 0.15) is 5.60 Å². The fourth-order valence-electron chi connectivity index (χ4n) is 3.79. The van der Waals surface area contributed by atoms with Gasteiger partial charge in [-0.2, -0.15) is 13.2 Å². The van der Waals surface area contributed by atoms with Crippen LogP contribution in [0, 0.1) is 0 Å². The lowest BCUT2D eigenvalue weighted by molar-refractivity contribution is -0.160. The van der Waals surface area contributed by atoms with Crippen LogP contribution in [0.2, 0.25) is 0 Å². The highest BCUT2D eigenvalue weighted by molar-refractivity contribution is 7.93. The van der Waals surface area contributed by atoms with Crippen LogP contribution < -0.4 is 0 Å². The number of carbonyl (C=O) groups excluding carboxylic acids is 1. The Labute approximate surface area is 203 Å². The Morgan fingerprint density at radius 2 is 1.69 bits per heavy atom. The molecule has 0 bridgehead atoms. The monoisotopic (exact) mass is 514 g/mol. The summed E-state index contributed by atoms with van der Waals surface area (Å²) in [5.41, 5.74) is 0.619. The molecule has 1 saturated heterocycles. The average molecular weight is 515 g/mol. The van der Waals surface area contributed by atoms with Crippen LogP contribution in [0.1, 0.15) is 52.1 Å². The van der Waals surface area contributed by atoms with Crippen LogP contribution in [-0.2, 0) is 30.5 Å². The molecular weight excluding hydrogens is 485 g/mol. The van der Waals surface area contributed by atoms with E-state index in [1.807, 2.05) is 0 Å². The number of aromatic nitrogens is 2. The summed E-state index contributed by atoms with van der Waals surface area (Å²) in [7, 11) is -4.11. The average Bonchev–Trinajstić information content (AvgIpc) is 2.78. The van der Waals surface area contributed by atoms with E-state index < -0.39 is 38.8 Å². The maximum absolute atomic E-state index is 13.6. The van der Waals surface area contributed by atoms with Crippen molar-refractivity contribution in [3.63, 3.8) is 0 Å². The third-order valence-corrected chi connectivity index (χ3v) is 8.14. The van der Waals surface area contributed by atoms with Gasteiger partial charge < -0.3 is 9.47 Å². The SMILES string of the molecule is CC(C)(C)OC(=O)C1(S(=O)(=O)c2ccc(-c3cnc(CCCC(F)(F)F)cn3)cc2)CCOCC1. The molecule has 0 N–H and O–H groups in total. The van der Waals surface area contributed by atoms with Gasteiger partial charge in [-0.25, -0.2) is 8.42 Å². The molecule has 0 aliphatic carbocycles. The van der Waals surface area contributed by atoms with Gasteiger partial charge in [0.25, 0.3) is 0 Å². The van der Waals surface area contributed by atoms with Crippen molar-refractivity contribution in [1.82, 2.24) is 9.97 Å². The number of benzene rings is 1. The smallest absolute Gasteiger partial charge is 0.389 e. The largest absolute Gasteiger partial charge is 0.459 e. The van der Waals surface area contributed by atoms with E-state index in [2.05, 4.69) is 9.97 Å². The van der Waals surface area contributed by atoms with Crippen molar-refractivity contribution >= 4 is 15.8 Å². The first-order valence-corrected chi connectivity index (χ1v) is 12.8. The zero-order valence-electron chi connectivity index (χ0n) is 19.9. The molecule has 0 atom stereocenters. The Kier molecular flexibility index (Phi) is 7.90. The minimum absolute atomic E-state index is 0.00667. The normalized spacial score (nSPS) is 16.6. The van der Waals surface area contributed by atoms with Crippen LogP contribution in [0.3, 0.4) is 0 Å². The lowest BCUT2D eigenvalue weighted by Crippen LogP contribution is -2.53. The molecule has 1 aliphatic rings. The molecule has 1 aromatic carbocycles. The first-order valence-electron chi connectivity index (χ1n) is 11.3. The molecule has 0 unspecified atom stereocenters. The van der Waals surface area contributed by atoms with E-state index in [0.717, 1.165) is 0 Å². The highest BCUT2D eigenvalue weighted by atomic mass is 32.2. The molecule has 1 aromatic heterocycles. The molecule has 7 nitrogen and oxygen atoms in total. The number of hydrogen-bond acceptors (Lipinski definition) is 7. The van der Waals surface area contributed by atoms with E-state index in [0.29, 0.717) is 17.0 Å². The van der Waals surface area contributed by atoms with Gasteiger partial charge in [-0.3, -0.25) is 14.8 Å². The molecular formula is C24H29F3N2O5S. The number of rotatable bonds is 7. The highest BCUT2D eigenvalue weighted by Crippen LogP contribution is 2.37. The Hall–Kier alpha value is -2.53. The molecule has 1 fully saturated rings. The second-order valence-corrected chi connectivity index (χ2v) is 11.8. The van der Waals surface area contributed by atoms with E-state index in [1.54, 1.807) is 32.9 Å². The molecule has 0 saturated carbocycles. The van der Waals surface area contributed by atoms with Gasteiger partial charge in [-0.1, -0.05) is 12.1 Å². The van der Waals surface area contributed by atoms with E-state index in [1.165, 1.54) is 24.5 Å². The summed E-state index contributed by atoms with van der Waals surface area (Å²) in [6.45, 7) is 5.30. The van der Waals surface area contributed by atoms with Crippen molar-refractivity contribution < 1.29 is 35.9 Å². The van der Waals surface area contributed by atoms with E-state index >= 15 is 0 Å². The van der Waals surface area contributed by atoms with Crippen molar-refractivity contribution in [2.24, 2.45) is 0 Å². The number of esters is 1. The van der Waals surface area contributed by atoms with Crippen molar-refractivity contribution in [1.29, 1.82) is 0 Å². The Balaban J connectivity index is 1.80. The number of hydrogen-bond donors (Lipinski definition) is 0. The molecule has 3 rings (SSSR count). The second kappa shape index (κ2) is 10.2. The topological polar surface area (TPSA) is 95.5 Å². The van der Waals surface area contributed by atoms with Crippen LogP contribution in [0.5, 0.6) is 0 Å². The minimum Gasteiger partial charge on any atom is -0.459 e. The van der Waals surface area contributed by atoms with Crippen LogP contribution in [-0.4, -0.2) is 54.1 Å². The number of nitrogens with zero attached hydrogens (tertiary/aromatic N) is 2. The number of aryl methyl sites for hydroxylation is 1. The predicted molar refractivity (Wildman–Crippen MR) is 122 cm³/mol. The lowest BCUT2D eigenvalue weighted by Gasteiger charge is -2.36. The first-order chi connectivity index (χ1) is 16.2. The molecule has 1 aliphatic heterocycles. The first kappa shape index (κ1) is 27.1. The Morgan fingerprint density at radius 1 is 1.06 bits per heavy atom. The lowest BCUT2D eigenvalue weighted by atomic mass is 9.99. The van der Waals surface area contributed by atoms with Gasteiger partial charge in [-0.05, 0) is 45.7 Å². The number of sulfone groups is 1. The molecule has 192 valence electrons. The standard InChI is InChI=1S/C24H29F3N2O5S/c1-22(2,3)34-21(30)23(11-13-33-14-12-23)35(31,32)19-8-6-17(7-9-19)20-16-28-18(15-29-20)5-4-10-24(25,26)27/h6-9,15-16H,4-5,10-14H2,1-3H3.